The summed E-state index contributed by atoms with van der Waals surface area (Å²) < 4.78 is 23.1. The van der Waals surface area contributed by atoms with Crippen LogP contribution < -0.4 is 20.1 Å². The summed E-state index contributed by atoms with van der Waals surface area (Å²) in [7, 11) is 3.02. The van der Waals surface area contributed by atoms with Gasteiger partial charge in [-0.05, 0) is 29.8 Å². The van der Waals surface area contributed by atoms with E-state index in [0.717, 1.165) is 0 Å². The van der Waals surface area contributed by atoms with Gasteiger partial charge in [-0.1, -0.05) is 12.1 Å². The maximum absolute atomic E-state index is 12.8. The van der Waals surface area contributed by atoms with Crippen LogP contribution in [0.15, 0.2) is 42.5 Å². The number of ether oxygens (including phenoxy) is 2. The molecule has 2 aromatic rings. The summed E-state index contributed by atoms with van der Waals surface area (Å²) >= 11 is 0. The molecule has 0 spiro atoms. The van der Waals surface area contributed by atoms with Crippen molar-refractivity contribution in [1.82, 2.24) is 5.32 Å². The normalized spacial score (nSPS) is 10.0. The van der Waals surface area contributed by atoms with Gasteiger partial charge in [-0.2, -0.15) is 0 Å². The molecule has 0 radical (unpaired) electrons. The molecule has 0 aliphatic rings. The molecule has 0 unspecified atom stereocenters. The lowest BCUT2D eigenvalue weighted by molar-refractivity contribution is -0.123. The first-order chi connectivity index (χ1) is 12.0. The zero-order valence-electron chi connectivity index (χ0n) is 14.0. The lowest BCUT2D eigenvalue weighted by Gasteiger charge is -2.11. The van der Waals surface area contributed by atoms with Gasteiger partial charge in [0.15, 0.2) is 11.5 Å². The second-order valence-corrected chi connectivity index (χ2v) is 5.20. The number of carbonyl (C=O) groups excluding carboxylic acids is 2. The minimum absolute atomic E-state index is 0.0733. The molecule has 25 heavy (non-hydrogen) atoms. The van der Waals surface area contributed by atoms with Gasteiger partial charge in [0.1, 0.15) is 5.82 Å². The number of hydrogen-bond donors (Lipinski definition) is 2. The average Bonchev–Trinajstić information content (AvgIpc) is 2.62. The first-order valence-electron chi connectivity index (χ1n) is 7.55. The molecular formula is C18H19FN2O4. The summed E-state index contributed by atoms with van der Waals surface area (Å²) in [5.74, 6) is -0.0269. The number of benzene rings is 2. The number of hydrogen-bond acceptors (Lipinski definition) is 4. The summed E-state index contributed by atoms with van der Waals surface area (Å²) in [5.41, 5.74) is 1.19. The van der Waals surface area contributed by atoms with Crippen molar-refractivity contribution in [3.63, 3.8) is 0 Å². The lowest BCUT2D eigenvalue weighted by Crippen LogP contribution is -2.33. The van der Waals surface area contributed by atoms with Gasteiger partial charge < -0.3 is 20.1 Å². The van der Waals surface area contributed by atoms with E-state index >= 15 is 0 Å². The van der Waals surface area contributed by atoms with E-state index in [2.05, 4.69) is 10.6 Å². The molecule has 0 aliphatic heterocycles. The highest BCUT2D eigenvalue weighted by atomic mass is 19.1. The topological polar surface area (TPSA) is 76.7 Å². The zero-order valence-corrected chi connectivity index (χ0v) is 14.0. The highest BCUT2D eigenvalue weighted by molar-refractivity contribution is 5.95. The van der Waals surface area contributed by atoms with Crippen molar-refractivity contribution in [2.24, 2.45) is 0 Å². The van der Waals surface area contributed by atoms with Crippen molar-refractivity contribution in [3.05, 3.63) is 53.8 Å². The molecule has 0 aliphatic carbocycles. The molecule has 6 nitrogen and oxygen atoms in total. The Labute approximate surface area is 144 Å². The first-order valence-corrected chi connectivity index (χ1v) is 7.55. The molecule has 0 atom stereocenters. The van der Waals surface area contributed by atoms with Crippen LogP contribution in [-0.2, 0) is 16.0 Å². The van der Waals surface area contributed by atoms with Crippen LogP contribution in [0.5, 0.6) is 11.5 Å². The fourth-order valence-corrected chi connectivity index (χ4v) is 2.15. The Hall–Kier alpha value is -3.09. The fourth-order valence-electron chi connectivity index (χ4n) is 2.15. The van der Waals surface area contributed by atoms with Gasteiger partial charge in [0.25, 0.3) is 0 Å². The molecule has 2 aromatic carbocycles. The maximum atomic E-state index is 12.8. The molecule has 2 rings (SSSR count). The van der Waals surface area contributed by atoms with Crippen molar-refractivity contribution in [2.45, 2.75) is 6.42 Å². The third kappa shape index (κ3) is 5.49. The van der Waals surface area contributed by atoms with E-state index in [1.807, 2.05) is 0 Å². The molecule has 0 heterocycles. The molecule has 0 fully saturated rings. The number of nitrogens with one attached hydrogen (secondary N) is 2. The Morgan fingerprint density at radius 1 is 0.960 bits per heavy atom. The van der Waals surface area contributed by atoms with Crippen molar-refractivity contribution in [1.29, 1.82) is 0 Å². The highest BCUT2D eigenvalue weighted by Crippen LogP contribution is 2.29. The van der Waals surface area contributed by atoms with Gasteiger partial charge in [-0.15, -0.1) is 0 Å². The zero-order chi connectivity index (χ0) is 18.2. The van der Waals surface area contributed by atoms with Crippen LogP contribution in [-0.4, -0.2) is 32.6 Å². The predicted octanol–water partition coefficient (Wildman–Crippen LogP) is 2.14. The molecule has 2 N–H and O–H groups in total. The van der Waals surface area contributed by atoms with Gasteiger partial charge >= 0.3 is 0 Å². The Balaban J connectivity index is 1.84. The summed E-state index contributed by atoms with van der Waals surface area (Å²) in [6.07, 6.45) is 0.0733. The number of carbonyl (C=O) groups is 2. The Morgan fingerprint density at radius 3 is 2.28 bits per heavy atom. The second kappa shape index (κ2) is 8.68. The van der Waals surface area contributed by atoms with Crippen LogP contribution in [0.25, 0.3) is 0 Å². The van der Waals surface area contributed by atoms with Crippen LogP contribution in [0.2, 0.25) is 0 Å². The van der Waals surface area contributed by atoms with E-state index < -0.39 is 0 Å². The molecule has 0 saturated heterocycles. The van der Waals surface area contributed by atoms with Crippen molar-refractivity contribution < 1.29 is 23.5 Å². The number of methoxy groups -OCH3 is 2. The van der Waals surface area contributed by atoms with E-state index in [0.29, 0.717) is 22.7 Å². The fraction of sp³-hybridized carbons (Fsp3) is 0.222. The highest BCUT2D eigenvalue weighted by Gasteiger charge is 2.09. The van der Waals surface area contributed by atoms with E-state index in [1.54, 1.807) is 18.2 Å². The molecule has 0 bridgehead atoms. The van der Waals surface area contributed by atoms with Gasteiger partial charge in [0, 0.05) is 11.8 Å². The van der Waals surface area contributed by atoms with Crippen molar-refractivity contribution in [3.8, 4) is 11.5 Å². The van der Waals surface area contributed by atoms with E-state index in [9.17, 15) is 14.0 Å². The third-order valence-electron chi connectivity index (χ3n) is 3.39. The maximum Gasteiger partial charge on any atom is 0.243 e. The van der Waals surface area contributed by atoms with E-state index in [-0.39, 0.29) is 30.6 Å². The number of amides is 2. The molecule has 0 aromatic heterocycles. The Kier molecular flexibility index (Phi) is 6.33. The molecule has 132 valence electrons. The largest absolute Gasteiger partial charge is 0.493 e. The smallest absolute Gasteiger partial charge is 0.243 e. The van der Waals surface area contributed by atoms with Gasteiger partial charge in [0.05, 0.1) is 27.2 Å². The molecule has 7 heteroatoms. The quantitative estimate of drug-likeness (QED) is 0.805. The number of halogens is 1. The summed E-state index contributed by atoms with van der Waals surface area (Å²) in [5, 5.41) is 5.17. The minimum atomic E-state index is -0.375. The second-order valence-electron chi connectivity index (χ2n) is 5.20. The monoisotopic (exact) mass is 346 g/mol. The predicted molar refractivity (Wildman–Crippen MR) is 91.3 cm³/mol. The van der Waals surface area contributed by atoms with Gasteiger partial charge in [-0.25, -0.2) is 4.39 Å². The van der Waals surface area contributed by atoms with Crippen LogP contribution in [0.1, 0.15) is 5.56 Å². The van der Waals surface area contributed by atoms with Crippen molar-refractivity contribution in [2.75, 3.05) is 26.1 Å². The van der Waals surface area contributed by atoms with Crippen molar-refractivity contribution >= 4 is 17.5 Å². The first kappa shape index (κ1) is 18.3. The van der Waals surface area contributed by atoms with Crippen LogP contribution in [0.4, 0.5) is 10.1 Å². The molecule has 2 amide bonds. The van der Waals surface area contributed by atoms with Crippen LogP contribution in [0.3, 0.4) is 0 Å². The summed E-state index contributed by atoms with van der Waals surface area (Å²) in [4.78, 5) is 23.7. The van der Waals surface area contributed by atoms with Gasteiger partial charge in [0.2, 0.25) is 11.8 Å². The lowest BCUT2D eigenvalue weighted by atomic mass is 10.1. The summed E-state index contributed by atoms with van der Waals surface area (Å²) in [6, 6.07) is 10.6. The Bertz CT molecular complexity index is 747. The summed E-state index contributed by atoms with van der Waals surface area (Å²) in [6.45, 7) is -0.172. The molecule has 0 saturated carbocycles. The van der Waals surface area contributed by atoms with Gasteiger partial charge in [-0.3, -0.25) is 9.59 Å². The Morgan fingerprint density at radius 2 is 1.64 bits per heavy atom. The van der Waals surface area contributed by atoms with E-state index in [1.165, 1.54) is 38.5 Å². The number of rotatable bonds is 7. The standard InChI is InChI=1S/C18H19FN2O4/c1-24-15-8-7-14(10-16(15)25-2)21-18(23)11-20-17(22)9-12-3-5-13(19)6-4-12/h3-8,10H,9,11H2,1-2H3,(H,20,22)(H,21,23). The third-order valence-corrected chi connectivity index (χ3v) is 3.39. The molecular weight excluding hydrogens is 327 g/mol. The van der Waals surface area contributed by atoms with E-state index in [4.69, 9.17) is 9.47 Å². The van der Waals surface area contributed by atoms with Crippen LogP contribution in [0, 0.1) is 5.82 Å². The average molecular weight is 346 g/mol. The van der Waals surface area contributed by atoms with Crippen LogP contribution >= 0.6 is 0 Å². The minimum Gasteiger partial charge on any atom is -0.493 e. The SMILES string of the molecule is COc1ccc(NC(=O)CNC(=O)Cc2ccc(F)cc2)cc1OC. The number of anilines is 1.